The molecule has 4 heteroatoms. The average molecular weight is 251 g/mol. The van der Waals surface area contributed by atoms with Crippen LogP contribution >= 0.6 is 11.6 Å². The van der Waals surface area contributed by atoms with Crippen molar-refractivity contribution < 1.29 is 4.42 Å². The standard InChI is InChI=1S/C13H15ClN2O/c1-9(2)10-3-5-11(6-4-10)15-13-16-12(7-14)8-17-13/h3-6,8-9H,7H2,1-2H3,(H,15,16). The molecule has 1 aromatic carbocycles. The Bertz CT molecular complexity index is 476. The molecule has 0 amide bonds. The van der Waals surface area contributed by atoms with Gasteiger partial charge in [-0.3, -0.25) is 0 Å². The highest BCUT2D eigenvalue weighted by molar-refractivity contribution is 6.16. The number of rotatable bonds is 4. The molecule has 1 N–H and O–H groups in total. The van der Waals surface area contributed by atoms with Crippen molar-refractivity contribution in [3.05, 3.63) is 41.8 Å². The van der Waals surface area contributed by atoms with E-state index in [9.17, 15) is 0 Å². The van der Waals surface area contributed by atoms with Gasteiger partial charge in [-0.2, -0.15) is 4.98 Å². The van der Waals surface area contributed by atoms with Gasteiger partial charge >= 0.3 is 0 Å². The number of alkyl halides is 1. The van der Waals surface area contributed by atoms with Crippen LogP contribution in [0.15, 0.2) is 34.9 Å². The third-order valence-corrected chi connectivity index (χ3v) is 2.79. The van der Waals surface area contributed by atoms with Gasteiger partial charge in [-0.15, -0.1) is 11.6 Å². The Kier molecular flexibility index (Phi) is 3.69. The number of hydrogen-bond acceptors (Lipinski definition) is 3. The van der Waals surface area contributed by atoms with Gasteiger partial charge in [0.15, 0.2) is 0 Å². The number of nitrogens with zero attached hydrogens (tertiary/aromatic N) is 1. The predicted molar refractivity (Wildman–Crippen MR) is 69.9 cm³/mol. The van der Waals surface area contributed by atoms with Crippen LogP contribution in [0.2, 0.25) is 0 Å². The van der Waals surface area contributed by atoms with Gasteiger partial charge in [0.2, 0.25) is 0 Å². The van der Waals surface area contributed by atoms with Crippen molar-refractivity contribution in [2.45, 2.75) is 25.6 Å². The van der Waals surface area contributed by atoms with Crippen LogP contribution in [-0.2, 0) is 5.88 Å². The second-order valence-corrected chi connectivity index (χ2v) is 4.45. The summed E-state index contributed by atoms with van der Waals surface area (Å²) in [6, 6.07) is 8.69. The fourth-order valence-electron chi connectivity index (χ4n) is 1.50. The molecular weight excluding hydrogens is 236 g/mol. The molecule has 0 aliphatic heterocycles. The molecule has 0 spiro atoms. The van der Waals surface area contributed by atoms with E-state index in [1.807, 2.05) is 12.1 Å². The van der Waals surface area contributed by atoms with Gasteiger partial charge in [-0.05, 0) is 23.6 Å². The van der Waals surface area contributed by atoms with E-state index in [-0.39, 0.29) is 0 Å². The van der Waals surface area contributed by atoms with E-state index in [0.717, 1.165) is 11.4 Å². The molecule has 0 aliphatic carbocycles. The molecule has 0 radical (unpaired) electrons. The second-order valence-electron chi connectivity index (χ2n) is 4.18. The topological polar surface area (TPSA) is 38.1 Å². The minimum Gasteiger partial charge on any atom is -0.432 e. The lowest BCUT2D eigenvalue weighted by Gasteiger charge is -2.06. The molecule has 90 valence electrons. The van der Waals surface area contributed by atoms with E-state index in [1.165, 1.54) is 5.56 Å². The quantitative estimate of drug-likeness (QED) is 0.823. The van der Waals surface area contributed by atoms with Crippen molar-refractivity contribution in [3.8, 4) is 0 Å². The Hall–Kier alpha value is -1.48. The van der Waals surface area contributed by atoms with Gasteiger partial charge in [-0.1, -0.05) is 26.0 Å². The molecule has 17 heavy (non-hydrogen) atoms. The van der Waals surface area contributed by atoms with Crippen molar-refractivity contribution >= 4 is 23.3 Å². The molecule has 2 aromatic rings. The summed E-state index contributed by atoms with van der Waals surface area (Å²) in [7, 11) is 0. The van der Waals surface area contributed by atoms with Crippen LogP contribution in [-0.4, -0.2) is 4.98 Å². The van der Waals surface area contributed by atoms with Crippen LogP contribution in [0.25, 0.3) is 0 Å². The maximum atomic E-state index is 5.65. The Morgan fingerprint density at radius 3 is 2.53 bits per heavy atom. The van der Waals surface area contributed by atoms with Crippen molar-refractivity contribution in [1.82, 2.24) is 4.98 Å². The zero-order valence-electron chi connectivity index (χ0n) is 9.90. The van der Waals surface area contributed by atoms with Gasteiger partial charge in [0.1, 0.15) is 6.26 Å². The number of halogens is 1. The van der Waals surface area contributed by atoms with E-state index in [2.05, 4.69) is 36.3 Å². The minimum atomic E-state index is 0.359. The van der Waals surface area contributed by atoms with Gasteiger partial charge in [-0.25, -0.2) is 0 Å². The number of benzene rings is 1. The zero-order chi connectivity index (χ0) is 12.3. The maximum Gasteiger partial charge on any atom is 0.299 e. The van der Waals surface area contributed by atoms with Gasteiger partial charge in [0, 0.05) is 5.69 Å². The first-order valence-corrected chi connectivity index (χ1v) is 6.10. The molecular formula is C13H15ClN2O. The van der Waals surface area contributed by atoms with Gasteiger partial charge in [0.25, 0.3) is 6.01 Å². The smallest absolute Gasteiger partial charge is 0.299 e. The summed E-state index contributed by atoms with van der Waals surface area (Å²) in [6.45, 7) is 4.34. The molecule has 3 nitrogen and oxygen atoms in total. The first-order valence-electron chi connectivity index (χ1n) is 5.56. The third kappa shape index (κ3) is 3.01. The summed E-state index contributed by atoms with van der Waals surface area (Å²) >= 11 is 5.65. The highest BCUT2D eigenvalue weighted by Crippen LogP contribution is 2.20. The maximum absolute atomic E-state index is 5.65. The first-order chi connectivity index (χ1) is 8.19. The summed E-state index contributed by atoms with van der Waals surface area (Å²) in [5, 5.41) is 3.09. The largest absolute Gasteiger partial charge is 0.432 e. The molecule has 2 rings (SSSR count). The summed E-state index contributed by atoms with van der Waals surface area (Å²) in [5.41, 5.74) is 3.00. The van der Waals surface area contributed by atoms with E-state index in [1.54, 1.807) is 6.26 Å². The Morgan fingerprint density at radius 1 is 1.29 bits per heavy atom. The van der Waals surface area contributed by atoms with E-state index >= 15 is 0 Å². The monoisotopic (exact) mass is 250 g/mol. The average Bonchev–Trinajstić information content (AvgIpc) is 2.77. The van der Waals surface area contributed by atoms with Crippen LogP contribution in [0.5, 0.6) is 0 Å². The highest BCUT2D eigenvalue weighted by Gasteiger charge is 2.04. The van der Waals surface area contributed by atoms with Gasteiger partial charge in [0.05, 0.1) is 11.6 Å². The molecule has 0 atom stereocenters. The zero-order valence-corrected chi connectivity index (χ0v) is 10.7. The molecule has 0 unspecified atom stereocenters. The highest BCUT2D eigenvalue weighted by atomic mass is 35.5. The first kappa shape index (κ1) is 12.0. The van der Waals surface area contributed by atoms with Crippen molar-refractivity contribution in [2.24, 2.45) is 0 Å². The van der Waals surface area contributed by atoms with E-state index in [0.29, 0.717) is 17.8 Å². The molecule has 0 fully saturated rings. The molecule has 1 aromatic heterocycles. The number of anilines is 2. The summed E-state index contributed by atoms with van der Waals surface area (Å²) in [5.74, 6) is 0.894. The summed E-state index contributed by atoms with van der Waals surface area (Å²) in [4.78, 5) is 4.17. The van der Waals surface area contributed by atoms with Crippen LogP contribution in [0.3, 0.4) is 0 Å². The normalized spacial score (nSPS) is 10.8. The molecule has 0 bridgehead atoms. The van der Waals surface area contributed by atoms with Crippen molar-refractivity contribution in [3.63, 3.8) is 0 Å². The SMILES string of the molecule is CC(C)c1ccc(Nc2nc(CCl)co2)cc1. The number of aromatic nitrogens is 1. The second kappa shape index (κ2) is 5.23. The van der Waals surface area contributed by atoms with Crippen LogP contribution in [0.4, 0.5) is 11.7 Å². The van der Waals surface area contributed by atoms with E-state index in [4.69, 9.17) is 16.0 Å². The van der Waals surface area contributed by atoms with Crippen LogP contribution in [0, 0.1) is 0 Å². The summed E-state index contributed by atoms with van der Waals surface area (Å²) in [6.07, 6.45) is 1.55. The number of oxazole rings is 1. The Labute approximate surface area is 106 Å². The fourth-order valence-corrected chi connectivity index (χ4v) is 1.62. The van der Waals surface area contributed by atoms with Gasteiger partial charge < -0.3 is 9.73 Å². The molecule has 1 heterocycles. The number of nitrogens with one attached hydrogen (secondary N) is 1. The Balaban J connectivity index is 2.08. The fraction of sp³-hybridized carbons (Fsp3) is 0.308. The van der Waals surface area contributed by atoms with Crippen molar-refractivity contribution in [1.29, 1.82) is 0 Å². The Morgan fingerprint density at radius 2 is 2.00 bits per heavy atom. The lowest BCUT2D eigenvalue weighted by Crippen LogP contribution is -1.92. The lowest BCUT2D eigenvalue weighted by atomic mass is 10.0. The van der Waals surface area contributed by atoms with Crippen molar-refractivity contribution in [2.75, 3.05) is 5.32 Å². The molecule has 0 saturated carbocycles. The minimum absolute atomic E-state index is 0.359. The van der Waals surface area contributed by atoms with Crippen LogP contribution in [0.1, 0.15) is 31.0 Å². The van der Waals surface area contributed by atoms with Crippen LogP contribution < -0.4 is 5.32 Å². The summed E-state index contributed by atoms with van der Waals surface area (Å²) < 4.78 is 5.23. The third-order valence-electron chi connectivity index (χ3n) is 2.52. The molecule has 0 saturated heterocycles. The predicted octanol–water partition coefficient (Wildman–Crippen LogP) is 4.28. The van der Waals surface area contributed by atoms with E-state index < -0.39 is 0 Å². The lowest BCUT2D eigenvalue weighted by molar-refractivity contribution is 0.576. The molecule has 0 aliphatic rings. The number of hydrogen-bond donors (Lipinski definition) is 1.